The first-order valence-electron chi connectivity index (χ1n) is 6.64. The first kappa shape index (κ1) is 14.9. The van der Waals surface area contributed by atoms with Crippen molar-refractivity contribution in [2.75, 3.05) is 0 Å². The lowest BCUT2D eigenvalue weighted by Crippen LogP contribution is -2.31. The summed E-state index contributed by atoms with van der Waals surface area (Å²) in [6.45, 7) is 2.20. The molecule has 1 aromatic rings. The van der Waals surface area contributed by atoms with Crippen LogP contribution in [0.2, 0.25) is 5.02 Å². The largest absolute Gasteiger partial charge is 0.481 e. The highest BCUT2D eigenvalue weighted by Gasteiger charge is 2.33. The van der Waals surface area contributed by atoms with Crippen LogP contribution in [0.5, 0.6) is 0 Å². The summed E-state index contributed by atoms with van der Waals surface area (Å²) in [7, 11) is 0. The van der Waals surface area contributed by atoms with Crippen molar-refractivity contribution in [3.05, 3.63) is 33.3 Å². The van der Waals surface area contributed by atoms with Gasteiger partial charge in [-0.2, -0.15) is 0 Å². The van der Waals surface area contributed by atoms with Gasteiger partial charge in [-0.05, 0) is 55.2 Å². The second-order valence-corrected chi connectivity index (χ2v) is 6.89. The molecular weight excluding hydrogens is 328 g/mol. The first-order valence-corrected chi connectivity index (χ1v) is 7.81. The summed E-state index contributed by atoms with van der Waals surface area (Å²) in [4.78, 5) is 11.4. The van der Waals surface area contributed by atoms with Crippen molar-refractivity contribution in [3.63, 3.8) is 0 Å². The lowest BCUT2D eigenvalue weighted by atomic mass is 9.72. The molecule has 19 heavy (non-hydrogen) atoms. The monoisotopic (exact) mass is 344 g/mol. The van der Waals surface area contributed by atoms with E-state index in [1.807, 2.05) is 18.2 Å². The van der Waals surface area contributed by atoms with Crippen molar-refractivity contribution in [2.24, 2.45) is 17.8 Å². The lowest BCUT2D eigenvalue weighted by molar-refractivity contribution is -0.145. The van der Waals surface area contributed by atoms with Gasteiger partial charge in [0.2, 0.25) is 0 Å². The van der Waals surface area contributed by atoms with Gasteiger partial charge >= 0.3 is 5.97 Å². The van der Waals surface area contributed by atoms with Crippen LogP contribution in [0.1, 0.15) is 31.7 Å². The van der Waals surface area contributed by atoms with Gasteiger partial charge in [0, 0.05) is 9.50 Å². The van der Waals surface area contributed by atoms with E-state index in [-0.39, 0.29) is 11.8 Å². The lowest BCUT2D eigenvalue weighted by Gasteiger charge is -2.32. The Kier molecular flexibility index (Phi) is 4.91. The van der Waals surface area contributed by atoms with Gasteiger partial charge in [-0.1, -0.05) is 40.5 Å². The molecule has 0 aliphatic heterocycles. The van der Waals surface area contributed by atoms with Gasteiger partial charge < -0.3 is 5.11 Å². The van der Waals surface area contributed by atoms with Crippen LogP contribution in [0.3, 0.4) is 0 Å². The standard InChI is InChI=1S/C15H18BrClO2/c1-9-2-5-13(15(18)19)11(6-9)7-10-3-4-12(16)8-14(10)17/h3-4,8-9,11,13H,2,5-7H2,1H3,(H,18,19). The molecule has 0 amide bonds. The molecule has 104 valence electrons. The Morgan fingerprint density at radius 2 is 2.21 bits per heavy atom. The summed E-state index contributed by atoms with van der Waals surface area (Å²) in [5, 5.41) is 10.1. The molecular formula is C15H18BrClO2. The van der Waals surface area contributed by atoms with Crippen LogP contribution in [-0.4, -0.2) is 11.1 Å². The number of hydrogen-bond acceptors (Lipinski definition) is 1. The molecule has 0 aromatic heterocycles. The van der Waals surface area contributed by atoms with Crippen molar-refractivity contribution >= 4 is 33.5 Å². The average molecular weight is 346 g/mol. The fraction of sp³-hybridized carbons (Fsp3) is 0.533. The van der Waals surface area contributed by atoms with Crippen molar-refractivity contribution < 1.29 is 9.90 Å². The number of carbonyl (C=O) groups is 1. The minimum absolute atomic E-state index is 0.194. The maximum atomic E-state index is 11.4. The van der Waals surface area contributed by atoms with Crippen LogP contribution in [-0.2, 0) is 11.2 Å². The topological polar surface area (TPSA) is 37.3 Å². The van der Waals surface area contributed by atoms with E-state index in [4.69, 9.17) is 11.6 Å². The molecule has 1 N–H and O–H groups in total. The van der Waals surface area contributed by atoms with Gasteiger partial charge in [-0.25, -0.2) is 0 Å². The Labute approximate surface area is 127 Å². The maximum Gasteiger partial charge on any atom is 0.306 e. The molecule has 4 heteroatoms. The molecule has 0 bridgehead atoms. The van der Waals surface area contributed by atoms with E-state index in [2.05, 4.69) is 22.9 Å². The van der Waals surface area contributed by atoms with Crippen molar-refractivity contribution in [3.8, 4) is 0 Å². The number of benzene rings is 1. The number of hydrogen-bond donors (Lipinski definition) is 1. The summed E-state index contributed by atoms with van der Waals surface area (Å²) < 4.78 is 0.952. The second-order valence-electron chi connectivity index (χ2n) is 5.56. The minimum Gasteiger partial charge on any atom is -0.481 e. The molecule has 1 aromatic carbocycles. The molecule has 0 spiro atoms. The Morgan fingerprint density at radius 3 is 2.84 bits per heavy atom. The highest BCUT2D eigenvalue weighted by atomic mass is 79.9. The van der Waals surface area contributed by atoms with Crippen LogP contribution in [0, 0.1) is 17.8 Å². The van der Waals surface area contributed by atoms with Gasteiger partial charge in [0.25, 0.3) is 0 Å². The van der Waals surface area contributed by atoms with Crippen LogP contribution >= 0.6 is 27.5 Å². The van der Waals surface area contributed by atoms with Gasteiger partial charge in [-0.3, -0.25) is 4.79 Å². The Balaban J connectivity index is 2.16. The van der Waals surface area contributed by atoms with Crippen molar-refractivity contribution in [1.29, 1.82) is 0 Å². The van der Waals surface area contributed by atoms with Crippen LogP contribution in [0.25, 0.3) is 0 Å². The van der Waals surface area contributed by atoms with Gasteiger partial charge in [0.05, 0.1) is 5.92 Å². The van der Waals surface area contributed by atoms with Gasteiger partial charge in [-0.15, -0.1) is 0 Å². The van der Waals surface area contributed by atoms with E-state index < -0.39 is 5.97 Å². The number of carboxylic acids is 1. The van der Waals surface area contributed by atoms with E-state index in [0.717, 1.165) is 40.7 Å². The fourth-order valence-electron chi connectivity index (χ4n) is 3.02. The normalized spacial score (nSPS) is 27.2. The van der Waals surface area contributed by atoms with E-state index in [1.54, 1.807) is 0 Å². The predicted molar refractivity (Wildman–Crippen MR) is 80.5 cm³/mol. The molecule has 2 nitrogen and oxygen atoms in total. The Hall–Kier alpha value is -0.540. The average Bonchev–Trinajstić information content (AvgIpc) is 2.32. The third-order valence-corrected chi connectivity index (χ3v) is 4.90. The second kappa shape index (κ2) is 6.27. The van der Waals surface area contributed by atoms with Crippen LogP contribution < -0.4 is 0 Å². The highest BCUT2D eigenvalue weighted by Crippen LogP contribution is 2.37. The maximum absolute atomic E-state index is 11.4. The summed E-state index contributed by atoms with van der Waals surface area (Å²) in [5.74, 6) is -0.0872. The first-order chi connectivity index (χ1) is 8.97. The Morgan fingerprint density at radius 1 is 1.47 bits per heavy atom. The van der Waals surface area contributed by atoms with Gasteiger partial charge in [0.15, 0.2) is 0 Å². The molecule has 2 rings (SSSR count). The molecule has 3 atom stereocenters. The van der Waals surface area contributed by atoms with Gasteiger partial charge in [0.1, 0.15) is 0 Å². The molecule has 0 saturated heterocycles. The SMILES string of the molecule is CC1CCC(C(=O)O)C(Cc2ccc(Br)cc2Cl)C1. The predicted octanol–water partition coefficient (Wildman–Crippen LogP) is 4.78. The Bertz CT molecular complexity index is 475. The zero-order valence-corrected chi connectivity index (χ0v) is 13.2. The zero-order valence-electron chi connectivity index (χ0n) is 10.9. The molecule has 3 unspecified atom stereocenters. The van der Waals surface area contributed by atoms with Crippen molar-refractivity contribution in [2.45, 2.75) is 32.6 Å². The quantitative estimate of drug-likeness (QED) is 0.856. The molecule has 0 heterocycles. The van der Waals surface area contributed by atoms with Crippen LogP contribution in [0.4, 0.5) is 0 Å². The van der Waals surface area contributed by atoms with E-state index in [1.165, 1.54) is 0 Å². The molecule has 1 saturated carbocycles. The van der Waals surface area contributed by atoms with E-state index >= 15 is 0 Å². The number of halogens is 2. The summed E-state index contributed by atoms with van der Waals surface area (Å²) in [6, 6.07) is 5.83. The minimum atomic E-state index is -0.662. The number of carboxylic acid groups (broad SMARTS) is 1. The molecule has 1 aliphatic carbocycles. The summed E-state index contributed by atoms with van der Waals surface area (Å²) >= 11 is 9.62. The third-order valence-electron chi connectivity index (χ3n) is 4.06. The fourth-order valence-corrected chi connectivity index (χ4v) is 3.77. The molecule has 1 aliphatic rings. The number of rotatable bonds is 3. The van der Waals surface area contributed by atoms with E-state index in [9.17, 15) is 9.90 Å². The summed E-state index contributed by atoms with van der Waals surface area (Å²) in [6.07, 6.45) is 3.54. The third kappa shape index (κ3) is 3.73. The van der Waals surface area contributed by atoms with Crippen LogP contribution in [0.15, 0.2) is 22.7 Å². The number of aliphatic carboxylic acids is 1. The smallest absolute Gasteiger partial charge is 0.306 e. The molecule has 1 fully saturated rings. The van der Waals surface area contributed by atoms with E-state index in [0.29, 0.717) is 5.92 Å². The van der Waals surface area contributed by atoms with Crippen molar-refractivity contribution in [1.82, 2.24) is 0 Å². The highest BCUT2D eigenvalue weighted by molar-refractivity contribution is 9.10. The molecule has 0 radical (unpaired) electrons. The zero-order chi connectivity index (χ0) is 14.0. The summed E-state index contributed by atoms with van der Waals surface area (Å²) in [5.41, 5.74) is 1.05.